The van der Waals surface area contributed by atoms with Crippen LogP contribution in [0.5, 0.6) is 0 Å². The van der Waals surface area contributed by atoms with E-state index < -0.39 is 5.79 Å². The van der Waals surface area contributed by atoms with Crippen LogP contribution in [0.4, 0.5) is 0 Å². The second-order valence-corrected chi connectivity index (χ2v) is 12.6. The third kappa shape index (κ3) is 2.42. The Kier molecular flexibility index (Phi) is 4.49. The molecule has 0 N–H and O–H groups in total. The molecule has 3 heterocycles. The van der Waals surface area contributed by atoms with Crippen LogP contribution < -0.4 is 0 Å². The summed E-state index contributed by atoms with van der Waals surface area (Å²) >= 11 is 0. The van der Waals surface area contributed by atoms with E-state index in [1.54, 1.807) is 0 Å². The average Bonchev–Trinajstić information content (AvgIpc) is 3.27. The number of hydrogen-bond donors (Lipinski definition) is 0. The molecule has 4 aliphatic carbocycles. The first-order chi connectivity index (χ1) is 15.8. The molecule has 3 aliphatic heterocycles. The van der Waals surface area contributed by atoms with E-state index in [-0.39, 0.29) is 28.0 Å². The van der Waals surface area contributed by atoms with Crippen LogP contribution in [0.15, 0.2) is 0 Å². The first-order valence-corrected chi connectivity index (χ1v) is 13.6. The molecule has 2 spiro atoms. The standard InChI is InChI=1S/C27H42O6/c1-5-27(31-14-15-32-27)26(28-4)11-8-20-19-16-23(3)25(33-23)17-24(29-12-13-30-24)10-7-21(25)18(19)6-9-22(20,26)2/h18-21H,5-17H2,1-4H3/t18?,19?,20?,21?,22-,23?,25?,26+/m0/s1. The molecule has 7 fully saturated rings. The molecule has 3 saturated heterocycles. The first kappa shape index (κ1) is 22.0. The summed E-state index contributed by atoms with van der Waals surface area (Å²) in [5.41, 5.74) is -0.393. The van der Waals surface area contributed by atoms with Gasteiger partial charge >= 0.3 is 0 Å². The molecule has 0 aromatic rings. The second-order valence-electron chi connectivity index (χ2n) is 12.6. The van der Waals surface area contributed by atoms with Crippen LogP contribution in [0.25, 0.3) is 0 Å². The average molecular weight is 463 g/mol. The maximum atomic E-state index is 6.80. The summed E-state index contributed by atoms with van der Waals surface area (Å²) in [6.07, 6.45) is 9.77. The van der Waals surface area contributed by atoms with Gasteiger partial charge < -0.3 is 28.4 Å². The Morgan fingerprint density at radius 2 is 1.52 bits per heavy atom. The summed E-state index contributed by atoms with van der Waals surface area (Å²) in [4.78, 5) is 0. The van der Waals surface area contributed by atoms with E-state index in [0.29, 0.717) is 31.0 Å². The van der Waals surface area contributed by atoms with Crippen molar-refractivity contribution in [3.8, 4) is 0 Å². The summed E-state index contributed by atoms with van der Waals surface area (Å²) in [5.74, 6) is 1.68. The zero-order chi connectivity index (χ0) is 22.7. The number of methoxy groups -OCH3 is 1. The van der Waals surface area contributed by atoms with Crippen LogP contribution in [-0.4, -0.2) is 61.9 Å². The van der Waals surface area contributed by atoms with E-state index in [1.807, 2.05) is 7.11 Å². The van der Waals surface area contributed by atoms with Gasteiger partial charge in [-0.3, -0.25) is 0 Å². The molecule has 0 radical (unpaired) electrons. The zero-order valence-electron chi connectivity index (χ0n) is 21.0. The Labute approximate surface area is 198 Å². The van der Waals surface area contributed by atoms with Gasteiger partial charge in [0.15, 0.2) is 11.6 Å². The fourth-order valence-electron chi connectivity index (χ4n) is 10.7. The van der Waals surface area contributed by atoms with Gasteiger partial charge in [0.1, 0.15) is 11.2 Å². The van der Waals surface area contributed by atoms with Crippen LogP contribution in [0, 0.1) is 29.1 Å². The zero-order valence-corrected chi connectivity index (χ0v) is 21.0. The Morgan fingerprint density at radius 1 is 0.818 bits per heavy atom. The Balaban J connectivity index is 1.22. The molecule has 0 aromatic heterocycles. The molecule has 33 heavy (non-hydrogen) atoms. The Hall–Kier alpha value is -0.240. The van der Waals surface area contributed by atoms with Crippen molar-refractivity contribution in [2.45, 2.75) is 107 Å². The van der Waals surface area contributed by atoms with Gasteiger partial charge in [0.2, 0.25) is 0 Å². The quantitative estimate of drug-likeness (QED) is 0.578. The molecule has 6 nitrogen and oxygen atoms in total. The highest BCUT2D eigenvalue weighted by atomic mass is 16.8. The lowest BCUT2D eigenvalue weighted by atomic mass is 9.46. The lowest BCUT2D eigenvalue weighted by Gasteiger charge is -2.60. The molecule has 0 bridgehead atoms. The van der Waals surface area contributed by atoms with Gasteiger partial charge in [-0.15, -0.1) is 0 Å². The minimum absolute atomic E-state index is 0.0379. The topological polar surface area (TPSA) is 58.7 Å². The summed E-state index contributed by atoms with van der Waals surface area (Å²) < 4.78 is 38.5. The molecular formula is C27H42O6. The number of rotatable bonds is 3. The Bertz CT molecular complexity index is 819. The van der Waals surface area contributed by atoms with E-state index in [9.17, 15) is 0 Å². The second kappa shape index (κ2) is 6.74. The van der Waals surface area contributed by atoms with Crippen LogP contribution in [-0.2, 0) is 28.4 Å². The van der Waals surface area contributed by atoms with Crippen molar-refractivity contribution in [2.75, 3.05) is 33.5 Å². The molecule has 6 heteroatoms. The molecular weight excluding hydrogens is 420 g/mol. The summed E-state index contributed by atoms with van der Waals surface area (Å²) in [6.45, 7) is 9.89. The third-order valence-electron chi connectivity index (χ3n) is 12.0. The summed E-state index contributed by atoms with van der Waals surface area (Å²) in [7, 11) is 1.90. The van der Waals surface area contributed by atoms with Crippen molar-refractivity contribution in [3.63, 3.8) is 0 Å². The predicted molar refractivity (Wildman–Crippen MR) is 121 cm³/mol. The number of fused-ring (bicyclic) bond motifs is 4. The summed E-state index contributed by atoms with van der Waals surface area (Å²) in [6, 6.07) is 0. The maximum Gasteiger partial charge on any atom is 0.198 e. The molecule has 6 unspecified atom stereocenters. The lowest BCUT2D eigenvalue weighted by Crippen LogP contribution is -2.66. The van der Waals surface area contributed by atoms with Crippen molar-refractivity contribution in [1.82, 2.24) is 0 Å². The maximum absolute atomic E-state index is 6.80. The summed E-state index contributed by atoms with van der Waals surface area (Å²) in [5, 5.41) is 0. The number of ether oxygens (including phenoxy) is 6. The Morgan fingerprint density at radius 3 is 2.21 bits per heavy atom. The highest BCUT2D eigenvalue weighted by molar-refractivity contribution is 5.28. The van der Waals surface area contributed by atoms with Crippen LogP contribution in [0.1, 0.15) is 78.6 Å². The fourth-order valence-corrected chi connectivity index (χ4v) is 10.7. The highest BCUT2D eigenvalue weighted by Crippen LogP contribution is 2.76. The van der Waals surface area contributed by atoms with Crippen molar-refractivity contribution < 1.29 is 28.4 Å². The minimum Gasteiger partial charge on any atom is -0.372 e. The van der Waals surface area contributed by atoms with Crippen molar-refractivity contribution >= 4 is 0 Å². The predicted octanol–water partition coefficient (Wildman–Crippen LogP) is 4.44. The van der Waals surface area contributed by atoms with E-state index in [4.69, 9.17) is 28.4 Å². The van der Waals surface area contributed by atoms with Gasteiger partial charge in [-0.25, -0.2) is 0 Å². The van der Waals surface area contributed by atoms with Gasteiger partial charge in [0.25, 0.3) is 0 Å². The van der Waals surface area contributed by atoms with Gasteiger partial charge in [0.05, 0.1) is 32.0 Å². The highest BCUT2D eigenvalue weighted by Gasteiger charge is 2.81. The molecule has 4 saturated carbocycles. The van der Waals surface area contributed by atoms with Crippen molar-refractivity contribution in [1.29, 1.82) is 0 Å². The molecule has 0 amide bonds. The smallest absolute Gasteiger partial charge is 0.198 e. The van der Waals surface area contributed by atoms with E-state index in [2.05, 4.69) is 20.8 Å². The molecule has 0 aromatic carbocycles. The SMILES string of the molecule is CCC1([C@@]2(OC)CCC3C4CC5(C)OC56CC5(CCC6C4CC[C@@]32C)OCCO5)OCCO1. The van der Waals surface area contributed by atoms with Crippen molar-refractivity contribution in [3.05, 3.63) is 0 Å². The number of epoxide rings is 1. The lowest BCUT2D eigenvalue weighted by molar-refractivity contribution is -0.318. The van der Waals surface area contributed by atoms with E-state index in [1.165, 1.54) is 25.7 Å². The molecule has 186 valence electrons. The van der Waals surface area contributed by atoms with Gasteiger partial charge in [-0.1, -0.05) is 13.8 Å². The van der Waals surface area contributed by atoms with Crippen molar-refractivity contribution in [2.24, 2.45) is 29.1 Å². The monoisotopic (exact) mass is 462 g/mol. The molecule has 7 rings (SSSR count). The third-order valence-corrected chi connectivity index (χ3v) is 12.0. The molecule has 8 atom stereocenters. The van der Waals surface area contributed by atoms with Gasteiger partial charge in [0, 0.05) is 31.8 Å². The first-order valence-electron chi connectivity index (χ1n) is 13.6. The minimum atomic E-state index is -0.606. The normalized spacial score (nSPS) is 55.6. The van der Waals surface area contributed by atoms with Gasteiger partial charge in [-0.05, 0) is 69.1 Å². The number of hydrogen-bond acceptors (Lipinski definition) is 6. The van der Waals surface area contributed by atoms with Crippen LogP contribution in [0.2, 0.25) is 0 Å². The van der Waals surface area contributed by atoms with E-state index in [0.717, 1.165) is 51.2 Å². The largest absolute Gasteiger partial charge is 0.372 e. The fraction of sp³-hybridized carbons (Fsp3) is 1.00. The van der Waals surface area contributed by atoms with E-state index >= 15 is 0 Å². The molecule has 7 aliphatic rings. The van der Waals surface area contributed by atoms with Crippen LogP contribution >= 0.6 is 0 Å². The van der Waals surface area contributed by atoms with Crippen LogP contribution in [0.3, 0.4) is 0 Å². The van der Waals surface area contributed by atoms with Gasteiger partial charge in [-0.2, -0.15) is 0 Å².